The molecule has 2 bridgehead atoms. The van der Waals surface area contributed by atoms with E-state index >= 15 is 0 Å². The standard InChI is InChI=1S/C21H28N6O/c1-13(12-28)24-20-7-17(27-11-16-6-18(27)10-22-16)8-21(26-20)25-19-5-4-15(9-23-19)14-2-3-14/h4-5,7-9,13-14,16,18,22,28H,2-3,6,10-12H2,1H3,(H2,23,24,25,26)/t13-,16?,18?/m0/s1. The molecule has 0 radical (unpaired) electrons. The number of piperazine rings is 1. The molecular formula is C21H28N6O. The Morgan fingerprint density at radius 1 is 1.25 bits per heavy atom. The average Bonchev–Trinajstić information content (AvgIpc) is 3.34. The van der Waals surface area contributed by atoms with Gasteiger partial charge < -0.3 is 26.0 Å². The highest BCUT2D eigenvalue weighted by Crippen LogP contribution is 2.40. The summed E-state index contributed by atoms with van der Waals surface area (Å²) in [6, 6.07) is 9.46. The molecule has 3 fully saturated rings. The monoisotopic (exact) mass is 380 g/mol. The fraction of sp³-hybridized carbons (Fsp3) is 0.524. The molecule has 7 heteroatoms. The summed E-state index contributed by atoms with van der Waals surface area (Å²) in [5, 5.41) is 19.6. The third-order valence-electron chi connectivity index (χ3n) is 5.96. The van der Waals surface area contributed by atoms with Crippen LogP contribution in [0.3, 0.4) is 0 Å². The summed E-state index contributed by atoms with van der Waals surface area (Å²) in [4.78, 5) is 11.7. The van der Waals surface area contributed by atoms with Gasteiger partial charge >= 0.3 is 0 Å². The van der Waals surface area contributed by atoms with Gasteiger partial charge in [0, 0.05) is 55.2 Å². The molecule has 2 unspecified atom stereocenters. The smallest absolute Gasteiger partial charge is 0.135 e. The lowest BCUT2D eigenvalue weighted by molar-refractivity contribution is 0.281. The van der Waals surface area contributed by atoms with Crippen LogP contribution in [0.5, 0.6) is 0 Å². The lowest BCUT2D eigenvalue weighted by atomic mass is 10.2. The summed E-state index contributed by atoms with van der Waals surface area (Å²) >= 11 is 0. The number of rotatable bonds is 7. The van der Waals surface area contributed by atoms with Gasteiger partial charge in [0.25, 0.3) is 0 Å². The Morgan fingerprint density at radius 3 is 2.75 bits per heavy atom. The number of anilines is 4. The van der Waals surface area contributed by atoms with Gasteiger partial charge in [0.1, 0.15) is 17.5 Å². The molecule has 2 aromatic rings. The SMILES string of the molecule is C[C@@H](CO)Nc1cc(N2CC3CC2CN3)cc(Nc2ccc(C3CC3)cn2)n1. The minimum atomic E-state index is -0.0525. The van der Waals surface area contributed by atoms with Gasteiger partial charge in [-0.1, -0.05) is 6.07 Å². The summed E-state index contributed by atoms with van der Waals surface area (Å²) in [5.74, 6) is 3.05. The predicted octanol–water partition coefficient (Wildman–Crippen LogP) is 2.44. The van der Waals surface area contributed by atoms with E-state index in [4.69, 9.17) is 4.98 Å². The van der Waals surface area contributed by atoms with E-state index in [1.165, 1.54) is 24.8 Å². The van der Waals surface area contributed by atoms with Gasteiger partial charge in [-0.2, -0.15) is 0 Å². The van der Waals surface area contributed by atoms with Crippen molar-refractivity contribution in [3.8, 4) is 0 Å². The van der Waals surface area contributed by atoms with Crippen LogP contribution >= 0.6 is 0 Å². The molecule has 1 saturated carbocycles. The Bertz CT molecular complexity index is 837. The second-order valence-electron chi connectivity index (χ2n) is 8.35. The molecule has 3 atom stereocenters. The van der Waals surface area contributed by atoms with E-state index in [9.17, 15) is 5.11 Å². The number of hydrogen-bond donors (Lipinski definition) is 4. The first kappa shape index (κ1) is 17.7. The van der Waals surface area contributed by atoms with Crippen molar-refractivity contribution < 1.29 is 5.11 Å². The fourth-order valence-corrected chi connectivity index (χ4v) is 4.26. The van der Waals surface area contributed by atoms with Gasteiger partial charge in [-0.25, -0.2) is 9.97 Å². The highest BCUT2D eigenvalue weighted by Gasteiger charge is 2.37. The van der Waals surface area contributed by atoms with E-state index in [1.54, 1.807) is 0 Å². The molecule has 7 nitrogen and oxygen atoms in total. The summed E-state index contributed by atoms with van der Waals surface area (Å²) in [5.41, 5.74) is 2.49. The third-order valence-corrected chi connectivity index (χ3v) is 5.96. The van der Waals surface area contributed by atoms with Gasteiger partial charge in [0.15, 0.2) is 0 Å². The van der Waals surface area contributed by atoms with Crippen LogP contribution in [0.2, 0.25) is 0 Å². The molecule has 4 N–H and O–H groups in total. The molecule has 0 aromatic carbocycles. The van der Waals surface area contributed by atoms with Crippen molar-refractivity contribution in [2.45, 2.75) is 50.2 Å². The van der Waals surface area contributed by atoms with E-state index in [-0.39, 0.29) is 12.6 Å². The maximum absolute atomic E-state index is 9.41. The molecule has 3 aliphatic rings. The van der Waals surface area contributed by atoms with Gasteiger partial charge in [-0.05, 0) is 43.7 Å². The van der Waals surface area contributed by atoms with Gasteiger partial charge in [-0.15, -0.1) is 0 Å². The van der Waals surface area contributed by atoms with Crippen molar-refractivity contribution in [3.05, 3.63) is 36.0 Å². The highest BCUT2D eigenvalue weighted by atomic mass is 16.3. The van der Waals surface area contributed by atoms with Crippen molar-refractivity contribution in [1.29, 1.82) is 0 Å². The summed E-state index contributed by atoms with van der Waals surface area (Å²) in [7, 11) is 0. The zero-order valence-electron chi connectivity index (χ0n) is 16.2. The Labute approximate surface area is 165 Å². The summed E-state index contributed by atoms with van der Waals surface area (Å²) in [6.07, 6.45) is 5.74. The first-order chi connectivity index (χ1) is 13.7. The van der Waals surface area contributed by atoms with Crippen molar-refractivity contribution >= 4 is 23.1 Å². The van der Waals surface area contributed by atoms with Crippen LogP contribution in [0.25, 0.3) is 0 Å². The number of aromatic nitrogens is 2. The largest absolute Gasteiger partial charge is 0.394 e. The Kier molecular flexibility index (Phi) is 4.56. The predicted molar refractivity (Wildman–Crippen MR) is 111 cm³/mol. The molecule has 1 aliphatic carbocycles. The van der Waals surface area contributed by atoms with Crippen LogP contribution < -0.4 is 20.9 Å². The van der Waals surface area contributed by atoms with Crippen LogP contribution in [-0.2, 0) is 0 Å². The molecule has 2 aromatic heterocycles. The minimum absolute atomic E-state index is 0.0525. The normalized spacial score (nSPS) is 24.4. The highest BCUT2D eigenvalue weighted by molar-refractivity contribution is 5.66. The first-order valence-corrected chi connectivity index (χ1v) is 10.3. The van der Waals surface area contributed by atoms with Crippen LogP contribution in [0, 0.1) is 0 Å². The number of aliphatic hydroxyl groups is 1. The van der Waals surface area contributed by atoms with Gasteiger partial charge in [0.05, 0.1) is 6.61 Å². The molecule has 4 heterocycles. The zero-order chi connectivity index (χ0) is 19.1. The Morgan fingerprint density at radius 2 is 2.11 bits per heavy atom. The minimum Gasteiger partial charge on any atom is -0.394 e. The van der Waals surface area contributed by atoms with E-state index in [2.05, 4.69) is 44.0 Å². The van der Waals surface area contributed by atoms with Crippen LogP contribution in [0.1, 0.15) is 37.7 Å². The van der Waals surface area contributed by atoms with E-state index in [0.717, 1.165) is 36.2 Å². The number of nitrogens with one attached hydrogen (secondary N) is 3. The Hall–Kier alpha value is -2.38. The molecule has 2 saturated heterocycles. The second kappa shape index (κ2) is 7.22. The third kappa shape index (κ3) is 3.64. The number of nitrogens with zero attached hydrogens (tertiary/aromatic N) is 3. The molecular weight excluding hydrogens is 352 g/mol. The van der Waals surface area contributed by atoms with Crippen LogP contribution in [0.15, 0.2) is 30.5 Å². The number of hydrogen-bond acceptors (Lipinski definition) is 7. The van der Waals surface area contributed by atoms with Crippen molar-refractivity contribution in [1.82, 2.24) is 15.3 Å². The van der Waals surface area contributed by atoms with Crippen LogP contribution in [-0.4, -0.2) is 52.9 Å². The molecule has 0 spiro atoms. The number of fused-ring (bicyclic) bond motifs is 2. The molecule has 0 amide bonds. The lowest BCUT2D eigenvalue weighted by Gasteiger charge is -2.30. The lowest BCUT2D eigenvalue weighted by Crippen LogP contribution is -2.43. The number of aliphatic hydroxyl groups excluding tert-OH is 1. The topological polar surface area (TPSA) is 85.3 Å². The number of pyridine rings is 2. The van der Waals surface area contributed by atoms with Crippen molar-refractivity contribution in [3.63, 3.8) is 0 Å². The summed E-state index contributed by atoms with van der Waals surface area (Å²) in [6.45, 7) is 4.08. The fourth-order valence-electron chi connectivity index (χ4n) is 4.26. The summed E-state index contributed by atoms with van der Waals surface area (Å²) < 4.78 is 0. The molecule has 2 aliphatic heterocycles. The maximum Gasteiger partial charge on any atom is 0.135 e. The van der Waals surface area contributed by atoms with Crippen molar-refractivity contribution in [2.24, 2.45) is 0 Å². The second-order valence-corrected chi connectivity index (χ2v) is 8.35. The van der Waals surface area contributed by atoms with Gasteiger partial charge in [0.2, 0.25) is 0 Å². The van der Waals surface area contributed by atoms with Crippen LogP contribution in [0.4, 0.5) is 23.1 Å². The van der Waals surface area contributed by atoms with Gasteiger partial charge in [-0.3, -0.25) is 0 Å². The zero-order valence-corrected chi connectivity index (χ0v) is 16.2. The van der Waals surface area contributed by atoms with E-state index in [1.807, 2.05) is 19.2 Å². The van der Waals surface area contributed by atoms with E-state index < -0.39 is 0 Å². The van der Waals surface area contributed by atoms with E-state index in [0.29, 0.717) is 18.0 Å². The van der Waals surface area contributed by atoms with Crippen molar-refractivity contribution in [2.75, 3.05) is 35.2 Å². The first-order valence-electron chi connectivity index (χ1n) is 10.3. The molecule has 5 rings (SSSR count). The maximum atomic E-state index is 9.41. The quantitative estimate of drug-likeness (QED) is 0.587. The Balaban J connectivity index is 1.40. The molecule has 148 valence electrons. The molecule has 28 heavy (non-hydrogen) atoms. The average molecular weight is 380 g/mol.